The summed E-state index contributed by atoms with van der Waals surface area (Å²) in [5.41, 5.74) is -1.19. The summed E-state index contributed by atoms with van der Waals surface area (Å²) in [4.78, 5) is 24.6. The van der Waals surface area contributed by atoms with Crippen molar-refractivity contribution in [3.8, 4) is 0 Å². The molecule has 6 rings (SSSR count). The molecule has 6 aliphatic rings. The van der Waals surface area contributed by atoms with Gasteiger partial charge in [0.2, 0.25) is 0 Å². The van der Waals surface area contributed by atoms with Crippen LogP contribution < -0.4 is 0 Å². The highest BCUT2D eigenvalue weighted by Gasteiger charge is 2.84. The Balaban J connectivity index is 1.29. The molecule has 244 valence electrons. The molecule has 2 spiro atoms. The van der Waals surface area contributed by atoms with Crippen LogP contribution in [0.2, 0.25) is 0 Å². The molecule has 1 heterocycles. The van der Waals surface area contributed by atoms with Crippen LogP contribution in [-0.4, -0.2) is 58.3 Å². The van der Waals surface area contributed by atoms with Crippen LogP contribution in [0.3, 0.4) is 0 Å². The van der Waals surface area contributed by atoms with Gasteiger partial charge in [0.25, 0.3) is 0 Å². The number of hydrogen-bond donors (Lipinski definition) is 2. The molecule has 0 aromatic rings. The first kappa shape index (κ1) is 31.8. The Hall–Kier alpha value is -1.18. The van der Waals surface area contributed by atoms with Crippen molar-refractivity contribution in [3.05, 3.63) is 0 Å². The minimum Gasteiger partial charge on any atom is -0.462 e. The standard InChI is InChI=1S/C36H58O7/c1-10-11-26(38)43-25-14-15-35-19-36(35)17-16-33(8)27-20(2)18-22(30(32(6,7)40)41-21(3)37)42-28(27)29(39)34(33,9)24(36)13-12-23(35)31(25,4)5/h20,22-25,27-30,39-40H,10-19H2,1-9H3/t20-,22-,23+,24+,25+,27+,28+,29+,30+,33-,34-,35-,36+/m1/s1. The van der Waals surface area contributed by atoms with E-state index in [1.807, 2.05) is 6.92 Å². The smallest absolute Gasteiger partial charge is 0.306 e. The molecule has 43 heavy (non-hydrogen) atoms. The van der Waals surface area contributed by atoms with Crippen molar-refractivity contribution in [1.82, 2.24) is 0 Å². The number of aliphatic hydroxyl groups is 2. The highest BCUT2D eigenvalue weighted by atomic mass is 16.6. The molecule has 1 saturated heterocycles. The van der Waals surface area contributed by atoms with Gasteiger partial charge in [-0.2, -0.15) is 0 Å². The quantitative estimate of drug-likeness (QED) is 0.348. The summed E-state index contributed by atoms with van der Waals surface area (Å²) in [6.45, 7) is 18.5. The van der Waals surface area contributed by atoms with E-state index >= 15 is 0 Å². The maximum Gasteiger partial charge on any atom is 0.306 e. The second-order valence-corrected chi connectivity index (χ2v) is 17.5. The van der Waals surface area contributed by atoms with Crippen LogP contribution in [0.5, 0.6) is 0 Å². The summed E-state index contributed by atoms with van der Waals surface area (Å²) in [6.07, 6.45) is 7.51. The lowest BCUT2D eigenvalue weighted by atomic mass is 9.41. The molecule has 0 radical (unpaired) electrons. The SMILES string of the molecule is CCCC(=O)O[C@H]1CC[C@]23C[C@]24CC[C@]2(C)[C@@H]5[C@H](O[C@@H]([C@H](OC(C)=O)C(C)(C)O)C[C@H]5C)[C@H](O)[C@@]2(C)[C@@H]4CC[C@H]3C1(C)C. The second kappa shape index (κ2) is 9.91. The molecule has 0 bridgehead atoms. The van der Waals surface area contributed by atoms with Crippen LogP contribution in [0.4, 0.5) is 0 Å². The van der Waals surface area contributed by atoms with Gasteiger partial charge in [0.15, 0.2) is 6.10 Å². The average Bonchev–Trinajstić information content (AvgIpc) is 3.53. The zero-order valence-electron chi connectivity index (χ0n) is 28.2. The van der Waals surface area contributed by atoms with Gasteiger partial charge in [-0.1, -0.05) is 41.5 Å². The lowest BCUT2D eigenvalue weighted by Crippen LogP contribution is -2.60. The van der Waals surface area contributed by atoms with E-state index in [0.29, 0.717) is 24.7 Å². The maximum atomic E-state index is 12.5. The maximum absolute atomic E-state index is 12.5. The van der Waals surface area contributed by atoms with Crippen LogP contribution in [0.1, 0.15) is 127 Å². The second-order valence-electron chi connectivity index (χ2n) is 17.5. The normalized spacial score (nSPS) is 50.2. The van der Waals surface area contributed by atoms with Gasteiger partial charge in [0, 0.05) is 24.2 Å². The van der Waals surface area contributed by atoms with Gasteiger partial charge < -0.3 is 24.4 Å². The first-order valence-electron chi connectivity index (χ1n) is 17.3. The highest BCUT2D eigenvalue weighted by Crippen LogP contribution is 2.89. The first-order chi connectivity index (χ1) is 19.9. The first-order valence-corrected chi connectivity index (χ1v) is 17.3. The number of carbonyl (C=O) groups is 2. The fourth-order valence-electron chi connectivity index (χ4n) is 13.0. The molecular formula is C36H58O7. The molecule has 13 atom stereocenters. The van der Waals surface area contributed by atoms with Crippen LogP contribution >= 0.6 is 0 Å². The summed E-state index contributed by atoms with van der Waals surface area (Å²) in [7, 11) is 0. The molecule has 0 amide bonds. The van der Waals surface area contributed by atoms with Crippen molar-refractivity contribution in [1.29, 1.82) is 0 Å². The third-order valence-electron chi connectivity index (χ3n) is 14.8. The zero-order valence-corrected chi connectivity index (χ0v) is 28.2. The van der Waals surface area contributed by atoms with Crippen LogP contribution in [0, 0.1) is 50.7 Å². The Bertz CT molecular complexity index is 1140. The largest absolute Gasteiger partial charge is 0.462 e. The van der Waals surface area contributed by atoms with E-state index in [1.54, 1.807) is 13.8 Å². The Morgan fingerprint density at radius 1 is 1.02 bits per heavy atom. The minimum absolute atomic E-state index is 0.0205. The van der Waals surface area contributed by atoms with E-state index < -0.39 is 29.9 Å². The van der Waals surface area contributed by atoms with Gasteiger partial charge in [0.1, 0.15) is 6.10 Å². The van der Waals surface area contributed by atoms with Crippen LogP contribution in [0.15, 0.2) is 0 Å². The highest BCUT2D eigenvalue weighted by molar-refractivity contribution is 5.69. The number of fused-ring (bicyclic) bond motifs is 4. The molecule has 2 N–H and O–H groups in total. The van der Waals surface area contributed by atoms with Crippen LogP contribution in [-0.2, 0) is 23.8 Å². The number of aliphatic hydroxyl groups excluding tert-OH is 1. The predicted molar refractivity (Wildman–Crippen MR) is 163 cm³/mol. The third-order valence-corrected chi connectivity index (χ3v) is 14.8. The molecule has 5 aliphatic carbocycles. The molecule has 0 aromatic carbocycles. The van der Waals surface area contributed by atoms with Crippen molar-refractivity contribution in [3.63, 3.8) is 0 Å². The van der Waals surface area contributed by atoms with Gasteiger partial charge in [-0.15, -0.1) is 0 Å². The number of rotatable bonds is 6. The number of carbonyl (C=O) groups excluding carboxylic acids is 2. The Labute approximate surface area is 259 Å². The van der Waals surface area contributed by atoms with Crippen molar-refractivity contribution in [2.24, 2.45) is 50.7 Å². The number of esters is 2. The summed E-state index contributed by atoms with van der Waals surface area (Å²) in [5, 5.41) is 23.4. The molecule has 0 aromatic heterocycles. The fraction of sp³-hybridized carbons (Fsp3) is 0.944. The summed E-state index contributed by atoms with van der Waals surface area (Å²) >= 11 is 0. The Morgan fingerprint density at radius 2 is 1.67 bits per heavy atom. The number of hydrogen-bond acceptors (Lipinski definition) is 7. The molecule has 7 heteroatoms. The lowest BCUT2D eigenvalue weighted by Gasteiger charge is -2.63. The van der Waals surface area contributed by atoms with E-state index in [1.165, 1.54) is 19.8 Å². The van der Waals surface area contributed by atoms with Gasteiger partial charge >= 0.3 is 11.9 Å². The Morgan fingerprint density at radius 3 is 2.30 bits per heavy atom. The molecule has 5 saturated carbocycles. The summed E-state index contributed by atoms with van der Waals surface area (Å²) < 4.78 is 18.6. The van der Waals surface area contributed by atoms with E-state index in [-0.39, 0.29) is 57.1 Å². The van der Waals surface area contributed by atoms with Crippen molar-refractivity contribution >= 4 is 11.9 Å². The van der Waals surface area contributed by atoms with Crippen LogP contribution in [0.25, 0.3) is 0 Å². The number of ether oxygens (including phenoxy) is 3. The zero-order chi connectivity index (χ0) is 31.5. The summed E-state index contributed by atoms with van der Waals surface area (Å²) in [5.74, 6) is 0.920. The van der Waals surface area contributed by atoms with Gasteiger partial charge in [0.05, 0.1) is 23.9 Å². The lowest BCUT2D eigenvalue weighted by molar-refractivity contribution is -0.216. The van der Waals surface area contributed by atoms with Gasteiger partial charge in [-0.3, -0.25) is 9.59 Å². The predicted octanol–water partition coefficient (Wildman–Crippen LogP) is 6.21. The minimum atomic E-state index is -1.26. The van der Waals surface area contributed by atoms with Gasteiger partial charge in [-0.05, 0) is 112 Å². The average molecular weight is 603 g/mol. The third kappa shape index (κ3) is 4.15. The monoisotopic (exact) mass is 602 g/mol. The fourth-order valence-corrected chi connectivity index (χ4v) is 13.0. The van der Waals surface area contributed by atoms with Crippen molar-refractivity contribution < 1.29 is 34.0 Å². The van der Waals surface area contributed by atoms with E-state index in [2.05, 4.69) is 34.6 Å². The topological polar surface area (TPSA) is 102 Å². The van der Waals surface area contributed by atoms with Gasteiger partial charge in [-0.25, -0.2) is 0 Å². The Kier molecular flexibility index (Phi) is 7.33. The van der Waals surface area contributed by atoms with E-state index in [4.69, 9.17) is 14.2 Å². The van der Waals surface area contributed by atoms with Crippen molar-refractivity contribution in [2.75, 3.05) is 0 Å². The van der Waals surface area contributed by atoms with E-state index in [9.17, 15) is 19.8 Å². The van der Waals surface area contributed by atoms with Crippen molar-refractivity contribution in [2.45, 2.75) is 163 Å². The molecule has 0 unspecified atom stereocenters. The van der Waals surface area contributed by atoms with E-state index in [0.717, 1.165) is 38.5 Å². The molecular weight excluding hydrogens is 544 g/mol. The molecule has 7 nitrogen and oxygen atoms in total. The molecule has 1 aliphatic heterocycles. The molecule has 6 fully saturated rings. The summed E-state index contributed by atoms with van der Waals surface area (Å²) in [6, 6.07) is 0.